The highest BCUT2D eigenvalue weighted by molar-refractivity contribution is 14.0. The molecule has 166 valence electrons. The molecule has 2 aromatic rings. The molecule has 0 heterocycles. The van der Waals surface area contributed by atoms with Gasteiger partial charge >= 0.3 is 0 Å². The van der Waals surface area contributed by atoms with E-state index in [1.165, 1.54) is 11.8 Å². The minimum absolute atomic E-state index is 0. The highest BCUT2D eigenvalue weighted by atomic mass is 127. The Morgan fingerprint density at radius 3 is 2.17 bits per heavy atom. The molecule has 0 amide bonds. The normalized spacial score (nSPS) is 11.5. The van der Waals surface area contributed by atoms with Gasteiger partial charge < -0.3 is 15.0 Å². The van der Waals surface area contributed by atoms with Crippen LogP contribution in [0.2, 0.25) is 0 Å². The van der Waals surface area contributed by atoms with E-state index >= 15 is 0 Å². The minimum Gasteiger partial charge on any atom is -0.494 e. The van der Waals surface area contributed by atoms with Crippen LogP contribution in [0.15, 0.2) is 58.4 Å². The molecule has 1 N–H and O–H groups in total. The SMILES string of the molecule is CCNC(=NCCc1ccc(S(C)(=O)=O)cc1)N(C)Cc1ccc(OCC)cc1.I. The van der Waals surface area contributed by atoms with E-state index in [1.54, 1.807) is 12.1 Å². The van der Waals surface area contributed by atoms with E-state index in [0.29, 0.717) is 18.0 Å². The van der Waals surface area contributed by atoms with Crippen LogP contribution < -0.4 is 10.1 Å². The fraction of sp³-hybridized carbons (Fsp3) is 0.409. The molecule has 0 aliphatic rings. The van der Waals surface area contributed by atoms with Crippen molar-refractivity contribution in [1.29, 1.82) is 0 Å². The molecular weight excluding hydrogens is 513 g/mol. The molecule has 0 fully saturated rings. The predicted octanol–water partition coefficient (Wildman–Crippen LogP) is 3.75. The molecule has 0 atom stereocenters. The van der Waals surface area contributed by atoms with Crippen LogP contribution in [0, 0.1) is 0 Å². The average molecular weight is 545 g/mol. The van der Waals surface area contributed by atoms with E-state index in [-0.39, 0.29) is 24.0 Å². The molecule has 0 aliphatic carbocycles. The summed E-state index contributed by atoms with van der Waals surface area (Å²) >= 11 is 0. The zero-order chi connectivity index (χ0) is 21.3. The third-order valence-corrected chi connectivity index (χ3v) is 5.49. The Morgan fingerprint density at radius 2 is 1.63 bits per heavy atom. The van der Waals surface area contributed by atoms with Crippen LogP contribution in [0.3, 0.4) is 0 Å². The lowest BCUT2D eigenvalue weighted by Crippen LogP contribution is -2.38. The Labute approximate surface area is 197 Å². The summed E-state index contributed by atoms with van der Waals surface area (Å²) in [7, 11) is -1.15. The van der Waals surface area contributed by atoms with Crippen molar-refractivity contribution >= 4 is 39.8 Å². The van der Waals surface area contributed by atoms with Crippen LogP contribution in [-0.2, 0) is 22.8 Å². The van der Waals surface area contributed by atoms with Gasteiger partial charge in [0, 0.05) is 32.9 Å². The minimum atomic E-state index is -3.16. The van der Waals surface area contributed by atoms with Crippen molar-refractivity contribution in [3.63, 3.8) is 0 Å². The largest absolute Gasteiger partial charge is 0.494 e. The van der Waals surface area contributed by atoms with Crippen molar-refractivity contribution in [3.8, 4) is 5.75 Å². The van der Waals surface area contributed by atoms with Crippen molar-refractivity contribution < 1.29 is 13.2 Å². The maximum atomic E-state index is 11.6. The van der Waals surface area contributed by atoms with Crippen LogP contribution in [0.4, 0.5) is 0 Å². The molecule has 30 heavy (non-hydrogen) atoms. The molecule has 0 saturated carbocycles. The first kappa shape index (κ1) is 26.2. The summed E-state index contributed by atoms with van der Waals surface area (Å²) in [5, 5.41) is 3.32. The molecule has 0 saturated heterocycles. The lowest BCUT2D eigenvalue weighted by atomic mass is 10.1. The maximum Gasteiger partial charge on any atom is 0.193 e. The smallest absolute Gasteiger partial charge is 0.193 e. The first-order chi connectivity index (χ1) is 13.8. The molecule has 6 nitrogen and oxygen atoms in total. The van der Waals surface area contributed by atoms with Gasteiger partial charge in [0.1, 0.15) is 5.75 Å². The molecule has 8 heteroatoms. The molecule has 0 bridgehead atoms. The Hall–Kier alpha value is -1.81. The zero-order valence-corrected chi connectivity index (χ0v) is 21.2. The molecule has 0 aromatic heterocycles. The second-order valence-electron chi connectivity index (χ2n) is 6.83. The second kappa shape index (κ2) is 12.8. The molecule has 2 aromatic carbocycles. The Morgan fingerprint density at radius 1 is 1.03 bits per heavy atom. The van der Waals surface area contributed by atoms with Crippen molar-refractivity contribution in [2.24, 2.45) is 4.99 Å². The van der Waals surface area contributed by atoms with Crippen LogP contribution in [0.1, 0.15) is 25.0 Å². The summed E-state index contributed by atoms with van der Waals surface area (Å²) < 4.78 is 28.6. The van der Waals surface area contributed by atoms with Crippen molar-refractivity contribution in [3.05, 3.63) is 59.7 Å². The van der Waals surface area contributed by atoms with Crippen molar-refractivity contribution in [2.45, 2.75) is 31.7 Å². The monoisotopic (exact) mass is 545 g/mol. The topological polar surface area (TPSA) is 71.0 Å². The molecule has 0 spiro atoms. The third kappa shape index (κ3) is 8.51. The molecule has 0 aliphatic heterocycles. The quantitative estimate of drug-likeness (QED) is 0.296. The van der Waals surface area contributed by atoms with Gasteiger partial charge in [0.15, 0.2) is 15.8 Å². The summed E-state index contributed by atoms with van der Waals surface area (Å²) in [6, 6.07) is 15.1. The Balaban J connectivity index is 0.00000450. The Bertz CT molecular complexity index is 898. The predicted molar refractivity (Wildman–Crippen MR) is 134 cm³/mol. The van der Waals surface area contributed by atoms with Crippen molar-refractivity contribution in [1.82, 2.24) is 10.2 Å². The van der Waals surface area contributed by atoms with Crippen LogP contribution in [-0.4, -0.2) is 52.3 Å². The van der Waals surface area contributed by atoms with Gasteiger partial charge in [-0.2, -0.15) is 0 Å². The lowest BCUT2D eigenvalue weighted by Gasteiger charge is -2.22. The number of nitrogens with one attached hydrogen (secondary N) is 1. The first-order valence-corrected chi connectivity index (χ1v) is 11.7. The number of benzene rings is 2. The third-order valence-electron chi connectivity index (χ3n) is 4.36. The maximum absolute atomic E-state index is 11.6. The van der Waals surface area contributed by atoms with Crippen LogP contribution in [0.25, 0.3) is 0 Å². The highest BCUT2D eigenvalue weighted by Crippen LogP contribution is 2.14. The summed E-state index contributed by atoms with van der Waals surface area (Å²) in [6.45, 7) is 6.82. The highest BCUT2D eigenvalue weighted by Gasteiger charge is 2.08. The van der Waals surface area contributed by atoms with E-state index in [1.807, 2.05) is 45.2 Å². The Kier molecular flexibility index (Phi) is 11.2. The fourth-order valence-electron chi connectivity index (χ4n) is 2.87. The number of hydrogen-bond donors (Lipinski definition) is 1. The molecule has 0 unspecified atom stereocenters. The lowest BCUT2D eigenvalue weighted by molar-refractivity contribution is 0.340. The van der Waals surface area contributed by atoms with E-state index in [9.17, 15) is 8.42 Å². The van der Waals surface area contributed by atoms with Crippen LogP contribution >= 0.6 is 24.0 Å². The first-order valence-electron chi connectivity index (χ1n) is 9.83. The van der Waals surface area contributed by atoms with Gasteiger partial charge in [-0.1, -0.05) is 24.3 Å². The number of halogens is 1. The van der Waals surface area contributed by atoms with Gasteiger partial charge in [-0.05, 0) is 55.7 Å². The van der Waals surface area contributed by atoms with E-state index < -0.39 is 9.84 Å². The van der Waals surface area contributed by atoms with Crippen molar-refractivity contribution in [2.75, 3.05) is 33.0 Å². The van der Waals surface area contributed by atoms with Gasteiger partial charge in [-0.3, -0.25) is 4.99 Å². The molecule has 0 radical (unpaired) electrons. The van der Waals surface area contributed by atoms with Gasteiger partial charge in [0.2, 0.25) is 0 Å². The zero-order valence-electron chi connectivity index (χ0n) is 18.1. The summed E-state index contributed by atoms with van der Waals surface area (Å²) in [5.74, 6) is 1.72. The molecule has 2 rings (SSSR count). The van der Waals surface area contributed by atoms with Gasteiger partial charge in [0.05, 0.1) is 11.5 Å². The van der Waals surface area contributed by atoms with Gasteiger partial charge in [-0.15, -0.1) is 24.0 Å². The van der Waals surface area contributed by atoms with Crippen LogP contribution in [0.5, 0.6) is 5.75 Å². The number of rotatable bonds is 9. The second-order valence-corrected chi connectivity index (χ2v) is 8.85. The van der Waals surface area contributed by atoms with E-state index in [4.69, 9.17) is 9.73 Å². The standard InChI is InChI=1S/C22H31N3O3S.HI/c1-5-23-22(25(3)17-19-7-11-20(12-8-19)28-6-2)24-16-15-18-9-13-21(14-10-18)29(4,26)27;/h7-14H,5-6,15-17H2,1-4H3,(H,23,24);1H. The summed E-state index contributed by atoms with van der Waals surface area (Å²) in [4.78, 5) is 7.14. The number of nitrogens with zero attached hydrogens (tertiary/aromatic N) is 2. The molecular formula is C22H32IN3O3S. The number of hydrogen-bond acceptors (Lipinski definition) is 4. The fourth-order valence-corrected chi connectivity index (χ4v) is 3.50. The number of ether oxygens (including phenoxy) is 1. The van der Waals surface area contributed by atoms with Gasteiger partial charge in [0.25, 0.3) is 0 Å². The number of aliphatic imine (C=N–C) groups is 1. The summed E-state index contributed by atoms with van der Waals surface area (Å²) in [5.41, 5.74) is 2.24. The number of guanidine groups is 1. The van der Waals surface area contributed by atoms with Gasteiger partial charge in [-0.25, -0.2) is 8.42 Å². The number of sulfone groups is 1. The average Bonchev–Trinajstić information content (AvgIpc) is 2.69. The van der Waals surface area contributed by atoms with E-state index in [2.05, 4.69) is 22.3 Å². The summed E-state index contributed by atoms with van der Waals surface area (Å²) in [6.07, 6.45) is 1.96. The van der Waals surface area contributed by atoms with E-state index in [0.717, 1.165) is 36.8 Å².